The number of sulfonamides is 1. The maximum atomic E-state index is 13.9. The molecule has 4 aromatic carbocycles. The van der Waals surface area contributed by atoms with Crippen LogP contribution in [0.5, 0.6) is 5.75 Å². The number of rotatable bonds is 9. The van der Waals surface area contributed by atoms with Crippen LogP contribution in [-0.2, 0) is 32.7 Å². The predicted octanol–water partition coefficient (Wildman–Crippen LogP) is 4.95. The number of benzene rings is 4. The molecule has 2 amide bonds. The Morgan fingerprint density at radius 3 is 2.36 bits per heavy atom. The number of carbonyl (C=O) groups excluding carboxylic acids is 2. The summed E-state index contributed by atoms with van der Waals surface area (Å²) in [7, 11) is -4.09. The lowest BCUT2D eigenvalue weighted by atomic mass is 10.1. The molecule has 0 fully saturated rings. The largest absolute Gasteiger partial charge is 0.477 e. The van der Waals surface area contributed by atoms with Crippen molar-refractivity contribution in [3.8, 4) is 5.75 Å². The maximum absolute atomic E-state index is 13.9. The highest BCUT2D eigenvalue weighted by atomic mass is 35.5. The minimum atomic E-state index is -4.09. The number of carbonyl (C=O) groups is 2. The Bertz CT molecular complexity index is 1680. The van der Waals surface area contributed by atoms with Gasteiger partial charge in [-0.25, -0.2) is 8.42 Å². The van der Waals surface area contributed by atoms with Gasteiger partial charge in [-0.2, -0.15) is 4.31 Å². The first-order valence-electron chi connectivity index (χ1n) is 13.4. The van der Waals surface area contributed by atoms with Crippen LogP contribution >= 0.6 is 11.6 Å². The van der Waals surface area contributed by atoms with Crippen LogP contribution in [-0.4, -0.2) is 43.7 Å². The molecule has 1 aliphatic heterocycles. The summed E-state index contributed by atoms with van der Waals surface area (Å²) in [6.45, 7) is 1.67. The standard InChI is InChI=1S/C32H30ClN3O5S/c1-23-8-7-11-25(18-23)20-35(42(39,40)27-16-14-26(33)15-17-27)22-31(37)36-21-30(41-29-13-6-5-12-28(29)36)32(38)34-19-24-9-3-2-4-10-24/h2-18,30H,19-22H2,1H3,(H,34,38)/t30-/m1/s1. The Balaban J connectivity index is 1.41. The first kappa shape index (κ1) is 29.3. The van der Waals surface area contributed by atoms with Crippen LogP contribution in [0.2, 0.25) is 5.02 Å². The molecule has 0 bridgehead atoms. The molecule has 0 saturated carbocycles. The van der Waals surface area contributed by atoms with Gasteiger partial charge in [-0.05, 0) is 54.4 Å². The van der Waals surface area contributed by atoms with Crippen molar-refractivity contribution in [3.05, 3.63) is 125 Å². The van der Waals surface area contributed by atoms with Gasteiger partial charge in [-0.15, -0.1) is 0 Å². The highest BCUT2D eigenvalue weighted by Gasteiger charge is 2.36. The summed E-state index contributed by atoms with van der Waals surface area (Å²) >= 11 is 6.00. The molecule has 4 aromatic rings. The smallest absolute Gasteiger partial charge is 0.263 e. The van der Waals surface area contributed by atoms with E-state index >= 15 is 0 Å². The minimum absolute atomic E-state index is 0.0212. The topological polar surface area (TPSA) is 96.0 Å². The van der Waals surface area contributed by atoms with E-state index in [1.54, 1.807) is 24.3 Å². The molecule has 0 aliphatic carbocycles. The average Bonchev–Trinajstić information content (AvgIpc) is 2.99. The summed E-state index contributed by atoms with van der Waals surface area (Å²) in [5.41, 5.74) is 3.10. The van der Waals surface area contributed by atoms with E-state index in [1.807, 2.05) is 61.5 Å². The Labute approximate surface area is 250 Å². The van der Waals surface area contributed by atoms with Crippen LogP contribution in [0, 0.1) is 6.92 Å². The van der Waals surface area contributed by atoms with Crippen molar-refractivity contribution >= 4 is 39.1 Å². The Kier molecular flexibility index (Phi) is 8.91. The zero-order valence-corrected chi connectivity index (χ0v) is 24.5. The van der Waals surface area contributed by atoms with Gasteiger partial charge in [0.25, 0.3) is 5.91 Å². The van der Waals surface area contributed by atoms with Crippen LogP contribution in [0.15, 0.2) is 108 Å². The molecule has 5 rings (SSSR count). The van der Waals surface area contributed by atoms with E-state index in [0.717, 1.165) is 21.0 Å². The zero-order chi connectivity index (χ0) is 29.7. The fourth-order valence-electron chi connectivity index (χ4n) is 4.74. The van der Waals surface area contributed by atoms with Gasteiger partial charge in [0.1, 0.15) is 5.75 Å². The summed E-state index contributed by atoms with van der Waals surface area (Å²) in [5.74, 6) is -0.504. The number of aryl methyl sites for hydroxylation is 1. The van der Waals surface area contributed by atoms with Crippen molar-refractivity contribution in [1.29, 1.82) is 0 Å². The van der Waals surface area contributed by atoms with Crippen LogP contribution in [0.4, 0.5) is 5.69 Å². The van der Waals surface area contributed by atoms with Gasteiger partial charge in [-0.1, -0.05) is 83.9 Å². The normalized spacial score (nSPS) is 14.6. The Morgan fingerprint density at radius 2 is 1.62 bits per heavy atom. The van der Waals surface area contributed by atoms with Crippen LogP contribution in [0.3, 0.4) is 0 Å². The predicted molar refractivity (Wildman–Crippen MR) is 162 cm³/mol. The number of ether oxygens (including phenoxy) is 1. The molecule has 42 heavy (non-hydrogen) atoms. The number of fused-ring (bicyclic) bond motifs is 1. The second kappa shape index (κ2) is 12.8. The molecular formula is C32H30ClN3O5S. The van der Waals surface area contributed by atoms with E-state index in [1.165, 1.54) is 29.2 Å². The fourth-order valence-corrected chi connectivity index (χ4v) is 6.24. The molecule has 216 valence electrons. The average molecular weight is 604 g/mol. The number of nitrogens with zero attached hydrogens (tertiary/aromatic N) is 2. The van der Waals surface area contributed by atoms with Gasteiger partial charge in [0.05, 0.1) is 23.7 Å². The van der Waals surface area contributed by atoms with Gasteiger partial charge in [0.15, 0.2) is 6.10 Å². The highest BCUT2D eigenvalue weighted by molar-refractivity contribution is 7.89. The fraction of sp³-hybridized carbons (Fsp3) is 0.188. The maximum Gasteiger partial charge on any atom is 0.263 e. The van der Waals surface area contributed by atoms with Gasteiger partial charge < -0.3 is 15.0 Å². The third-order valence-electron chi connectivity index (χ3n) is 6.88. The van der Waals surface area contributed by atoms with Crippen molar-refractivity contribution < 1.29 is 22.7 Å². The van der Waals surface area contributed by atoms with E-state index in [2.05, 4.69) is 5.32 Å². The SMILES string of the molecule is Cc1cccc(CN(CC(=O)N2C[C@H](C(=O)NCc3ccccc3)Oc3ccccc32)S(=O)(=O)c2ccc(Cl)cc2)c1. The second-order valence-electron chi connectivity index (χ2n) is 10.00. The molecule has 0 spiro atoms. The third kappa shape index (κ3) is 6.82. The first-order valence-corrected chi connectivity index (χ1v) is 15.2. The van der Waals surface area contributed by atoms with Gasteiger partial charge >= 0.3 is 0 Å². The molecule has 0 aromatic heterocycles. The quantitative estimate of drug-likeness (QED) is 0.292. The van der Waals surface area contributed by atoms with E-state index in [9.17, 15) is 18.0 Å². The van der Waals surface area contributed by atoms with Crippen molar-refractivity contribution in [2.24, 2.45) is 0 Å². The van der Waals surface area contributed by atoms with Crippen LogP contribution < -0.4 is 15.0 Å². The second-order valence-corrected chi connectivity index (χ2v) is 12.4. The van der Waals surface area contributed by atoms with Crippen LogP contribution in [0.1, 0.15) is 16.7 Å². The number of hydrogen-bond donors (Lipinski definition) is 1. The summed E-state index contributed by atoms with van der Waals surface area (Å²) in [6.07, 6.45) is -0.981. The number of anilines is 1. The van der Waals surface area contributed by atoms with E-state index in [-0.39, 0.29) is 23.9 Å². The van der Waals surface area contributed by atoms with Crippen molar-refractivity contribution in [2.45, 2.75) is 31.0 Å². The summed E-state index contributed by atoms with van der Waals surface area (Å²) in [6, 6.07) is 29.7. The lowest BCUT2D eigenvalue weighted by Crippen LogP contribution is -2.52. The minimum Gasteiger partial charge on any atom is -0.477 e. The number of para-hydroxylation sites is 2. The molecule has 1 heterocycles. The van der Waals surface area contributed by atoms with Crippen LogP contribution in [0.25, 0.3) is 0 Å². The Hall–Kier alpha value is -4.18. The van der Waals surface area contributed by atoms with E-state index in [4.69, 9.17) is 16.3 Å². The number of hydrogen-bond acceptors (Lipinski definition) is 5. The molecule has 1 aliphatic rings. The molecule has 1 N–H and O–H groups in total. The third-order valence-corrected chi connectivity index (χ3v) is 8.94. The summed E-state index contributed by atoms with van der Waals surface area (Å²) < 4.78 is 34.7. The summed E-state index contributed by atoms with van der Waals surface area (Å²) in [5, 5.41) is 3.27. The molecule has 0 radical (unpaired) electrons. The molecular weight excluding hydrogens is 574 g/mol. The lowest BCUT2D eigenvalue weighted by molar-refractivity contribution is -0.128. The van der Waals surface area contributed by atoms with Crippen molar-refractivity contribution in [3.63, 3.8) is 0 Å². The van der Waals surface area contributed by atoms with Gasteiger partial charge in [0, 0.05) is 18.1 Å². The van der Waals surface area contributed by atoms with Crippen molar-refractivity contribution in [1.82, 2.24) is 9.62 Å². The van der Waals surface area contributed by atoms with E-state index < -0.39 is 28.6 Å². The van der Waals surface area contributed by atoms with E-state index in [0.29, 0.717) is 23.0 Å². The first-order chi connectivity index (χ1) is 20.2. The van der Waals surface area contributed by atoms with Gasteiger partial charge in [-0.3, -0.25) is 9.59 Å². The molecule has 10 heteroatoms. The molecule has 8 nitrogen and oxygen atoms in total. The lowest BCUT2D eigenvalue weighted by Gasteiger charge is -2.35. The molecule has 1 atom stereocenters. The highest BCUT2D eigenvalue weighted by Crippen LogP contribution is 2.34. The zero-order valence-electron chi connectivity index (χ0n) is 22.9. The Morgan fingerprint density at radius 1 is 0.929 bits per heavy atom. The monoisotopic (exact) mass is 603 g/mol. The molecule has 0 unspecified atom stereocenters. The summed E-state index contributed by atoms with van der Waals surface area (Å²) in [4.78, 5) is 28.5. The molecule has 0 saturated heterocycles. The number of amides is 2. The number of halogens is 1. The number of nitrogens with one attached hydrogen (secondary N) is 1. The van der Waals surface area contributed by atoms with Crippen molar-refractivity contribution in [2.75, 3.05) is 18.0 Å². The van der Waals surface area contributed by atoms with Gasteiger partial charge in [0.2, 0.25) is 15.9 Å².